The van der Waals surface area contributed by atoms with Crippen LogP contribution in [0.1, 0.15) is 16.2 Å². The van der Waals surface area contributed by atoms with E-state index in [9.17, 15) is 9.59 Å². The highest BCUT2D eigenvalue weighted by molar-refractivity contribution is 9.10. The number of nitrogens with zero attached hydrogens (tertiary/aromatic N) is 3. The van der Waals surface area contributed by atoms with Crippen LogP contribution in [0.2, 0.25) is 0 Å². The third-order valence-corrected chi connectivity index (χ3v) is 5.79. The molecular formula is C22H21BrN4O3S. The van der Waals surface area contributed by atoms with E-state index in [0.717, 1.165) is 4.47 Å². The van der Waals surface area contributed by atoms with Crippen molar-refractivity contribution in [2.75, 3.05) is 18.2 Å². The van der Waals surface area contributed by atoms with Crippen molar-refractivity contribution in [3.63, 3.8) is 0 Å². The maximum absolute atomic E-state index is 12.5. The third kappa shape index (κ3) is 6.28. The van der Waals surface area contributed by atoms with Crippen molar-refractivity contribution in [2.45, 2.75) is 18.1 Å². The number of nitrogens with one attached hydrogen (secondary N) is 1. The molecule has 31 heavy (non-hydrogen) atoms. The van der Waals surface area contributed by atoms with E-state index in [0.29, 0.717) is 34.5 Å². The predicted octanol–water partition coefficient (Wildman–Crippen LogP) is 4.39. The largest absolute Gasteiger partial charge is 0.497 e. The van der Waals surface area contributed by atoms with Crippen molar-refractivity contribution in [2.24, 2.45) is 0 Å². The van der Waals surface area contributed by atoms with E-state index in [1.54, 1.807) is 54.2 Å². The molecule has 0 aliphatic carbocycles. The number of aromatic nitrogens is 3. The zero-order valence-electron chi connectivity index (χ0n) is 16.9. The van der Waals surface area contributed by atoms with Crippen LogP contribution in [0.5, 0.6) is 5.75 Å². The number of ether oxygens (including phenoxy) is 1. The Morgan fingerprint density at radius 2 is 1.87 bits per heavy atom. The van der Waals surface area contributed by atoms with Gasteiger partial charge in [0.25, 0.3) is 0 Å². The summed E-state index contributed by atoms with van der Waals surface area (Å²) in [4.78, 5) is 24.9. The minimum atomic E-state index is -0.217. The Labute approximate surface area is 193 Å². The molecule has 0 spiro atoms. The zero-order valence-corrected chi connectivity index (χ0v) is 19.3. The SMILES string of the molecule is C=CCn1c(CC(=O)Nc2ccc(OC)cc2)nnc1SCC(=O)c1ccc(Br)cc1. The van der Waals surface area contributed by atoms with Crippen molar-refractivity contribution < 1.29 is 14.3 Å². The highest BCUT2D eigenvalue weighted by Gasteiger charge is 2.17. The number of allylic oxidation sites excluding steroid dienone is 1. The van der Waals surface area contributed by atoms with Gasteiger partial charge in [-0.1, -0.05) is 45.9 Å². The summed E-state index contributed by atoms with van der Waals surface area (Å²) >= 11 is 4.65. The van der Waals surface area contributed by atoms with Crippen LogP contribution in [0.25, 0.3) is 0 Å². The molecule has 0 saturated heterocycles. The van der Waals surface area contributed by atoms with Gasteiger partial charge in [-0.3, -0.25) is 9.59 Å². The molecule has 0 unspecified atom stereocenters. The topological polar surface area (TPSA) is 86.1 Å². The van der Waals surface area contributed by atoms with Crippen LogP contribution in [0.4, 0.5) is 5.69 Å². The van der Waals surface area contributed by atoms with E-state index in [1.807, 2.05) is 12.1 Å². The van der Waals surface area contributed by atoms with Gasteiger partial charge in [0.05, 0.1) is 19.3 Å². The minimum Gasteiger partial charge on any atom is -0.497 e. The summed E-state index contributed by atoms with van der Waals surface area (Å²) in [6, 6.07) is 14.3. The zero-order chi connectivity index (χ0) is 22.2. The van der Waals surface area contributed by atoms with Gasteiger partial charge in [-0.15, -0.1) is 16.8 Å². The maximum Gasteiger partial charge on any atom is 0.232 e. The summed E-state index contributed by atoms with van der Waals surface area (Å²) in [5, 5.41) is 11.7. The first-order chi connectivity index (χ1) is 15.0. The molecule has 9 heteroatoms. The number of hydrogen-bond acceptors (Lipinski definition) is 6. The lowest BCUT2D eigenvalue weighted by Gasteiger charge is -2.09. The molecule has 0 radical (unpaired) electrons. The number of methoxy groups -OCH3 is 1. The van der Waals surface area contributed by atoms with Crippen LogP contribution in [-0.4, -0.2) is 39.3 Å². The molecule has 1 amide bonds. The fourth-order valence-corrected chi connectivity index (χ4v) is 3.87. The maximum atomic E-state index is 12.5. The first kappa shape index (κ1) is 22.8. The molecule has 0 bridgehead atoms. The van der Waals surface area contributed by atoms with E-state index in [-0.39, 0.29) is 23.9 Å². The quantitative estimate of drug-likeness (QED) is 0.252. The summed E-state index contributed by atoms with van der Waals surface area (Å²) in [6.45, 7) is 4.20. The van der Waals surface area contributed by atoms with Crippen molar-refractivity contribution in [3.8, 4) is 5.75 Å². The Morgan fingerprint density at radius 1 is 1.16 bits per heavy atom. The molecule has 2 aromatic carbocycles. The van der Waals surface area contributed by atoms with Crippen LogP contribution in [0.3, 0.4) is 0 Å². The smallest absolute Gasteiger partial charge is 0.232 e. The molecule has 0 aliphatic heterocycles. The molecule has 3 rings (SSSR count). The molecule has 1 aromatic heterocycles. The van der Waals surface area contributed by atoms with Gasteiger partial charge in [-0.25, -0.2) is 0 Å². The third-order valence-electron chi connectivity index (χ3n) is 4.30. The number of carbonyl (C=O) groups excluding carboxylic acids is 2. The molecule has 1 N–H and O–H groups in total. The predicted molar refractivity (Wildman–Crippen MR) is 125 cm³/mol. The second-order valence-corrected chi connectivity index (χ2v) is 8.33. The molecule has 0 atom stereocenters. The van der Waals surface area contributed by atoms with Crippen molar-refractivity contribution in [1.82, 2.24) is 14.8 Å². The normalized spacial score (nSPS) is 10.5. The van der Waals surface area contributed by atoms with Crippen LogP contribution < -0.4 is 10.1 Å². The Hall–Kier alpha value is -2.91. The van der Waals surface area contributed by atoms with Crippen molar-refractivity contribution in [1.29, 1.82) is 0 Å². The number of amides is 1. The molecular weight excluding hydrogens is 480 g/mol. The fraction of sp³-hybridized carbons (Fsp3) is 0.182. The Morgan fingerprint density at radius 3 is 2.52 bits per heavy atom. The molecule has 3 aromatic rings. The molecule has 1 heterocycles. The van der Waals surface area contributed by atoms with E-state index in [4.69, 9.17) is 4.74 Å². The number of thioether (sulfide) groups is 1. The summed E-state index contributed by atoms with van der Waals surface area (Å²) in [7, 11) is 1.59. The number of hydrogen-bond donors (Lipinski definition) is 1. The van der Waals surface area contributed by atoms with Crippen molar-refractivity contribution >= 4 is 45.1 Å². The van der Waals surface area contributed by atoms with E-state index in [2.05, 4.69) is 38.0 Å². The average Bonchev–Trinajstić information content (AvgIpc) is 3.14. The second kappa shape index (κ2) is 10.9. The Balaban J connectivity index is 1.64. The Kier molecular flexibility index (Phi) is 8.02. The van der Waals surface area contributed by atoms with Gasteiger partial charge in [0, 0.05) is 22.3 Å². The minimum absolute atomic E-state index is 0.00977. The van der Waals surface area contributed by atoms with Gasteiger partial charge < -0.3 is 14.6 Å². The molecule has 0 fully saturated rings. The van der Waals surface area contributed by atoms with Gasteiger partial charge in [0.15, 0.2) is 10.9 Å². The van der Waals surface area contributed by atoms with Crippen LogP contribution in [0, 0.1) is 0 Å². The lowest BCUT2D eigenvalue weighted by Crippen LogP contribution is -2.17. The number of ketones is 1. The lowest BCUT2D eigenvalue weighted by atomic mass is 10.2. The highest BCUT2D eigenvalue weighted by atomic mass is 79.9. The summed E-state index contributed by atoms with van der Waals surface area (Å²) in [5.74, 6) is 1.21. The Bertz CT molecular complexity index is 1070. The van der Waals surface area contributed by atoms with Crippen LogP contribution >= 0.6 is 27.7 Å². The summed E-state index contributed by atoms with van der Waals surface area (Å²) < 4.78 is 7.82. The fourth-order valence-electron chi connectivity index (χ4n) is 2.74. The van der Waals surface area contributed by atoms with E-state index < -0.39 is 0 Å². The first-order valence-corrected chi connectivity index (χ1v) is 11.2. The monoisotopic (exact) mass is 500 g/mol. The standard InChI is InChI=1S/C22H21BrN4O3S/c1-3-12-27-20(13-21(29)24-17-8-10-18(30-2)11-9-17)25-26-22(27)31-14-19(28)15-4-6-16(23)7-5-15/h3-11H,1,12-14H2,2H3,(H,24,29). The number of rotatable bonds is 10. The van der Waals surface area contributed by atoms with Crippen LogP contribution in [-0.2, 0) is 17.8 Å². The lowest BCUT2D eigenvalue weighted by molar-refractivity contribution is -0.115. The van der Waals surface area contributed by atoms with Gasteiger partial charge in [-0.05, 0) is 36.4 Å². The average molecular weight is 501 g/mol. The molecule has 160 valence electrons. The molecule has 7 nitrogen and oxygen atoms in total. The summed E-state index contributed by atoms with van der Waals surface area (Å²) in [6.07, 6.45) is 1.75. The number of anilines is 1. The number of Topliss-reactive ketones (excluding diaryl/α,β-unsaturated/α-hetero) is 1. The van der Waals surface area contributed by atoms with Gasteiger partial charge in [0.2, 0.25) is 5.91 Å². The molecule has 0 saturated carbocycles. The van der Waals surface area contributed by atoms with E-state index >= 15 is 0 Å². The number of benzene rings is 2. The highest BCUT2D eigenvalue weighted by Crippen LogP contribution is 2.21. The summed E-state index contributed by atoms with van der Waals surface area (Å²) in [5.41, 5.74) is 1.29. The van der Waals surface area contributed by atoms with Gasteiger partial charge in [0.1, 0.15) is 11.6 Å². The molecule has 0 aliphatic rings. The first-order valence-electron chi connectivity index (χ1n) is 9.38. The van der Waals surface area contributed by atoms with E-state index in [1.165, 1.54) is 11.8 Å². The van der Waals surface area contributed by atoms with Crippen molar-refractivity contribution in [3.05, 3.63) is 77.0 Å². The van der Waals surface area contributed by atoms with Gasteiger partial charge in [-0.2, -0.15) is 0 Å². The van der Waals surface area contributed by atoms with Gasteiger partial charge >= 0.3 is 0 Å². The second-order valence-electron chi connectivity index (χ2n) is 6.47. The number of carbonyl (C=O) groups is 2. The number of halogens is 1. The van der Waals surface area contributed by atoms with Crippen LogP contribution in [0.15, 0.2) is 70.8 Å².